The van der Waals surface area contributed by atoms with Gasteiger partial charge in [-0.15, -0.1) is 10.2 Å². The number of nitrogens with zero attached hydrogens (tertiary/aromatic N) is 3. The van der Waals surface area contributed by atoms with Gasteiger partial charge in [-0.25, -0.2) is 4.39 Å². The first kappa shape index (κ1) is 16.8. The zero-order valence-electron chi connectivity index (χ0n) is 11.7. The first-order chi connectivity index (χ1) is 10.3. The quantitative estimate of drug-likeness (QED) is 0.675. The molecule has 120 valence electrons. The van der Waals surface area contributed by atoms with E-state index < -0.39 is 17.6 Å². The van der Waals surface area contributed by atoms with Crippen molar-refractivity contribution >= 4 is 11.8 Å². The van der Waals surface area contributed by atoms with Gasteiger partial charge in [-0.05, 0) is 24.2 Å². The average Bonchev–Trinajstić information content (AvgIpc) is 2.78. The fourth-order valence-electron chi connectivity index (χ4n) is 1.80. The monoisotopic (exact) mass is 334 g/mol. The van der Waals surface area contributed by atoms with Crippen LogP contribution in [0.2, 0.25) is 0 Å². The molecule has 0 aliphatic carbocycles. The van der Waals surface area contributed by atoms with Crippen molar-refractivity contribution in [1.29, 1.82) is 0 Å². The normalized spacial score (nSPS) is 11.9. The number of hydrogen-bond donors (Lipinski definition) is 1. The van der Waals surface area contributed by atoms with Gasteiger partial charge in [-0.3, -0.25) is 0 Å². The number of hydrogen-bond acceptors (Lipinski definition) is 4. The molecule has 0 aliphatic heterocycles. The van der Waals surface area contributed by atoms with Crippen LogP contribution in [0.1, 0.15) is 17.0 Å². The Kier molecular flexibility index (Phi) is 5.07. The van der Waals surface area contributed by atoms with Crippen LogP contribution in [-0.2, 0) is 25.4 Å². The first-order valence-electron chi connectivity index (χ1n) is 6.39. The summed E-state index contributed by atoms with van der Waals surface area (Å²) >= 11 is 1.20. The van der Waals surface area contributed by atoms with E-state index in [0.717, 1.165) is 12.1 Å². The number of rotatable bonds is 5. The van der Waals surface area contributed by atoms with Gasteiger partial charge in [0.2, 0.25) is 0 Å². The Hall–Kier alpha value is -1.61. The molecular formula is C13H14F4N4S. The Morgan fingerprint density at radius 2 is 2.00 bits per heavy atom. The molecule has 0 atom stereocenters. The maximum Gasteiger partial charge on any atom is 0.416 e. The predicted octanol–water partition coefficient (Wildman–Crippen LogP) is 2.77. The summed E-state index contributed by atoms with van der Waals surface area (Å²) in [5.74, 6) is -0.0111. The summed E-state index contributed by atoms with van der Waals surface area (Å²) in [6.07, 6.45) is -3.98. The molecule has 0 amide bonds. The minimum Gasteiger partial charge on any atom is -0.330 e. The van der Waals surface area contributed by atoms with Crippen LogP contribution in [0.4, 0.5) is 17.6 Å². The smallest absolute Gasteiger partial charge is 0.330 e. The van der Waals surface area contributed by atoms with Crippen molar-refractivity contribution in [3.63, 3.8) is 0 Å². The van der Waals surface area contributed by atoms with Gasteiger partial charge in [0, 0.05) is 19.2 Å². The predicted molar refractivity (Wildman–Crippen MR) is 74.7 cm³/mol. The lowest BCUT2D eigenvalue weighted by atomic mass is 10.1. The van der Waals surface area contributed by atoms with E-state index in [2.05, 4.69) is 10.2 Å². The van der Waals surface area contributed by atoms with E-state index in [0.29, 0.717) is 30.0 Å². The summed E-state index contributed by atoms with van der Waals surface area (Å²) in [5.41, 5.74) is 4.63. The standard InChI is InChI=1S/C13H14F4N4S/c1-21-11(4-5-18)19-20-12(21)22-7-8-2-3-9(6-10(8)14)13(15,16)17/h2-3,6H,4-5,7,18H2,1H3. The maximum atomic E-state index is 13.7. The highest BCUT2D eigenvalue weighted by atomic mass is 32.2. The lowest BCUT2D eigenvalue weighted by Crippen LogP contribution is -2.08. The molecule has 2 aromatic rings. The Bertz CT molecular complexity index is 654. The van der Waals surface area contributed by atoms with E-state index in [9.17, 15) is 17.6 Å². The molecule has 0 saturated heterocycles. The largest absolute Gasteiger partial charge is 0.416 e. The SMILES string of the molecule is Cn1c(CCN)nnc1SCc1ccc(C(F)(F)F)cc1F. The van der Waals surface area contributed by atoms with E-state index in [1.165, 1.54) is 11.8 Å². The van der Waals surface area contributed by atoms with Crippen molar-refractivity contribution in [3.8, 4) is 0 Å². The van der Waals surface area contributed by atoms with Gasteiger partial charge in [0.15, 0.2) is 5.16 Å². The highest BCUT2D eigenvalue weighted by molar-refractivity contribution is 7.98. The molecule has 0 bridgehead atoms. The van der Waals surface area contributed by atoms with Crippen LogP contribution < -0.4 is 5.73 Å². The first-order valence-corrected chi connectivity index (χ1v) is 7.38. The molecule has 2 rings (SSSR count). The zero-order valence-corrected chi connectivity index (χ0v) is 12.5. The Morgan fingerprint density at radius 3 is 2.59 bits per heavy atom. The Labute approximate surface area is 128 Å². The van der Waals surface area contributed by atoms with Crippen molar-refractivity contribution in [2.75, 3.05) is 6.54 Å². The molecule has 0 spiro atoms. The molecular weight excluding hydrogens is 320 g/mol. The fourth-order valence-corrected chi connectivity index (χ4v) is 2.72. The molecule has 0 aliphatic rings. The summed E-state index contributed by atoms with van der Waals surface area (Å²) in [4.78, 5) is 0. The molecule has 1 aromatic heterocycles. The summed E-state index contributed by atoms with van der Waals surface area (Å²) < 4.78 is 52.9. The third kappa shape index (κ3) is 3.77. The van der Waals surface area contributed by atoms with E-state index in [-0.39, 0.29) is 11.3 Å². The third-order valence-electron chi connectivity index (χ3n) is 3.03. The molecule has 0 unspecified atom stereocenters. The van der Waals surface area contributed by atoms with E-state index >= 15 is 0 Å². The minimum atomic E-state index is -4.55. The van der Waals surface area contributed by atoms with Gasteiger partial charge < -0.3 is 10.3 Å². The van der Waals surface area contributed by atoms with Gasteiger partial charge >= 0.3 is 6.18 Å². The fraction of sp³-hybridized carbons (Fsp3) is 0.385. The second-order valence-electron chi connectivity index (χ2n) is 4.59. The van der Waals surface area contributed by atoms with Crippen molar-refractivity contribution in [2.45, 2.75) is 23.5 Å². The third-order valence-corrected chi connectivity index (χ3v) is 4.10. The molecule has 4 nitrogen and oxygen atoms in total. The summed E-state index contributed by atoms with van der Waals surface area (Å²) in [7, 11) is 1.76. The molecule has 1 aromatic carbocycles. The van der Waals surface area contributed by atoms with Crippen molar-refractivity contribution in [3.05, 3.63) is 41.0 Å². The molecule has 0 radical (unpaired) electrons. The molecule has 22 heavy (non-hydrogen) atoms. The van der Waals surface area contributed by atoms with Crippen molar-refractivity contribution < 1.29 is 17.6 Å². The Morgan fingerprint density at radius 1 is 1.27 bits per heavy atom. The van der Waals surface area contributed by atoms with E-state index in [1.54, 1.807) is 11.6 Å². The second-order valence-corrected chi connectivity index (χ2v) is 5.53. The highest BCUT2D eigenvalue weighted by Gasteiger charge is 2.31. The minimum absolute atomic E-state index is 0.165. The van der Waals surface area contributed by atoms with Gasteiger partial charge in [0.1, 0.15) is 11.6 Å². The molecule has 2 N–H and O–H groups in total. The average molecular weight is 334 g/mol. The molecule has 9 heteroatoms. The lowest BCUT2D eigenvalue weighted by Gasteiger charge is -2.09. The van der Waals surface area contributed by atoms with Crippen LogP contribution >= 0.6 is 11.8 Å². The topological polar surface area (TPSA) is 56.7 Å². The number of nitrogens with two attached hydrogens (primary N) is 1. The number of halogens is 4. The number of aromatic nitrogens is 3. The van der Waals surface area contributed by atoms with Crippen LogP contribution in [0.15, 0.2) is 23.4 Å². The van der Waals surface area contributed by atoms with Crippen LogP contribution in [0, 0.1) is 5.82 Å². The highest BCUT2D eigenvalue weighted by Crippen LogP contribution is 2.31. The van der Waals surface area contributed by atoms with Gasteiger partial charge in [0.05, 0.1) is 5.56 Å². The van der Waals surface area contributed by atoms with Gasteiger partial charge in [-0.1, -0.05) is 17.8 Å². The van der Waals surface area contributed by atoms with Gasteiger partial charge in [0.25, 0.3) is 0 Å². The van der Waals surface area contributed by atoms with E-state index in [4.69, 9.17) is 5.73 Å². The summed E-state index contributed by atoms with van der Waals surface area (Å²) in [6.45, 7) is 0.435. The number of thioether (sulfide) groups is 1. The van der Waals surface area contributed by atoms with Crippen LogP contribution in [0.3, 0.4) is 0 Å². The van der Waals surface area contributed by atoms with Gasteiger partial charge in [-0.2, -0.15) is 13.2 Å². The molecule has 0 fully saturated rings. The number of benzene rings is 1. The van der Waals surface area contributed by atoms with Crippen LogP contribution in [0.25, 0.3) is 0 Å². The van der Waals surface area contributed by atoms with Crippen LogP contribution in [-0.4, -0.2) is 21.3 Å². The molecule has 0 saturated carbocycles. The van der Waals surface area contributed by atoms with Crippen molar-refractivity contribution in [1.82, 2.24) is 14.8 Å². The van der Waals surface area contributed by atoms with E-state index in [1.807, 2.05) is 0 Å². The zero-order chi connectivity index (χ0) is 16.3. The van der Waals surface area contributed by atoms with Crippen LogP contribution in [0.5, 0.6) is 0 Å². The Balaban J connectivity index is 2.09. The summed E-state index contributed by atoms with van der Waals surface area (Å²) in [6, 6.07) is 2.52. The lowest BCUT2D eigenvalue weighted by molar-refractivity contribution is -0.137. The molecule has 1 heterocycles. The van der Waals surface area contributed by atoms with Crippen molar-refractivity contribution in [2.24, 2.45) is 12.8 Å². The number of alkyl halides is 3. The second kappa shape index (κ2) is 6.66. The summed E-state index contributed by atoms with van der Waals surface area (Å²) in [5, 5.41) is 8.47. The maximum absolute atomic E-state index is 13.7.